The molecule has 0 aromatic heterocycles. The Morgan fingerprint density at radius 2 is 0.877 bits per heavy atom. The molecule has 0 aliphatic heterocycles. The van der Waals surface area contributed by atoms with Gasteiger partial charge in [0.1, 0.15) is 12.2 Å². The van der Waals surface area contributed by atoms with Gasteiger partial charge in [0.15, 0.2) is 0 Å². The molecule has 0 rings (SSSR count). The number of phosphoric acid groups is 1. The van der Waals surface area contributed by atoms with Crippen molar-refractivity contribution in [2.45, 2.75) is 264 Å². The van der Waals surface area contributed by atoms with Crippen molar-refractivity contribution in [1.82, 2.24) is 0 Å². The smallest absolute Gasteiger partial charge is 0.457 e. The number of hydrogen-bond donors (Lipinski definition) is 3. The van der Waals surface area contributed by atoms with Gasteiger partial charge in [0.05, 0.1) is 26.4 Å². The first-order chi connectivity index (χ1) is 31.8. The molecule has 0 saturated carbocycles. The molecule has 3 atom stereocenters. The van der Waals surface area contributed by atoms with Gasteiger partial charge >= 0.3 is 13.8 Å². The van der Waals surface area contributed by atoms with Crippen LogP contribution in [0.4, 0.5) is 0 Å². The van der Waals surface area contributed by atoms with Crippen molar-refractivity contribution in [3.05, 3.63) is 48.6 Å². The fourth-order valence-corrected chi connectivity index (χ4v) is 8.49. The highest BCUT2D eigenvalue weighted by atomic mass is 31.2. The molecule has 382 valence electrons. The Morgan fingerprint density at radius 1 is 0.492 bits per heavy atom. The lowest BCUT2D eigenvalue weighted by atomic mass is 10.0. The van der Waals surface area contributed by atoms with E-state index in [1.165, 1.54) is 161 Å². The number of hydrogen-bond acceptors (Lipinski definition) is 8. The van der Waals surface area contributed by atoms with Crippen LogP contribution < -0.4 is 0 Å². The maximum absolute atomic E-state index is 12.7. The lowest BCUT2D eigenvalue weighted by Gasteiger charge is -2.20. The second-order valence-electron chi connectivity index (χ2n) is 18.2. The summed E-state index contributed by atoms with van der Waals surface area (Å²) in [5.74, 6) is -0.387. The van der Waals surface area contributed by atoms with Crippen molar-refractivity contribution in [3.8, 4) is 0 Å². The third kappa shape index (κ3) is 51.7. The van der Waals surface area contributed by atoms with Gasteiger partial charge in [0.2, 0.25) is 0 Å². The van der Waals surface area contributed by atoms with Crippen LogP contribution in [0, 0.1) is 0 Å². The van der Waals surface area contributed by atoms with E-state index in [9.17, 15) is 19.4 Å². The van der Waals surface area contributed by atoms with Crippen LogP contribution in [0.1, 0.15) is 251 Å². The number of carbonyl (C=O) groups is 1. The molecule has 0 heterocycles. The van der Waals surface area contributed by atoms with E-state index in [2.05, 4.69) is 62.5 Å². The van der Waals surface area contributed by atoms with E-state index in [1.54, 1.807) is 0 Å². The topological polar surface area (TPSA) is 132 Å². The summed E-state index contributed by atoms with van der Waals surface area (Å²) in [5, 5.41) is 18.4. The minimum Gasteiger partial charge on any atom is -0.457 e. The summed E-state index contributed by atoms with van der Waals surface area (Å²) in [5.41, 5.74) is 0. The molecule has 3 unspecified atom stereocenters. The summed E-state index contributed by atoms with van der Waals surface area (Å²) >= 11 is 0. The van der Waals surface area contributed by atoms with Crippen LogP contribution in [0.3, 0.4) is 0 Å². The van der Waals surface area contributed by atoms with E-state index in [4.69, 9.17) is 23.6 Å². The maximum atomic E-state index is 12.7. The third-order valence-electron chi connectivity index (χ3n) is 11.8. The molecule has 3 N–H and O–H groups in total. The van der Waals surface area contributed by atoms with E-state index in [0.717, 1.165) is 70.6 Å². The molecule has 0 aliphatic rings. The molecule has 0 aromatic carbocycles. The van der Waals surface area contributed by atoms with Gasteiger partial charge in [0, 0.05) is 13.0 Å². The van der Waals surface area contributed by atoms with Gasteiger partial charge in [-0.1, -0.05) is 242 Å². The summed E-state index contributed by atoms with van der Waals surface area (Å²) in [6, 6.07) is 0. The first-order valence-electron chi connectivity index (χ1n) is 27.1. The third-order valence-corrected chi connectivity index (χ3v) is 12.7. The highest BCUT2D eigenvalue weighted by Gasteiger charge is 2.26. The number of allylic oxidation sites excluding steroid dienone is 8. The van der Waals surface area contributed by atoms with E-state index in [-0.39, 0.29) is 25.6 Å². The van der Waals surface area contributed by atoms with Gasteiger partial charge in [-0.2, -0.15) is 0 Å². The summed E-state index contributed by atoms with van der Waals surface area (Å²) in [7, 11) is -4.53. The second kappa shape index (κ2) is 51.8. The molecular weight excluding hydrogens is 836 g/mol. The van der Waals surface area contributed by atoms with Gasteiger partial charge in [-0.3, -0.25) is 13.8 Å². The van der Waals surface area contributed by atoms with Gasteiger partial charge in [-0.15, -0.1) is 0 Å². The Morgan fingerprint density at radius 3 is 1.32 bits per heavy atom. The normalized spacial score (nSPS) is 14.1. The minimum atomic E-state index is -4.53. The fraction of sp³-hybridized carbons (Fsp3) is 0.836. The lowest BCUT2D eigenvalue weighted by Crippen LogP contribution is -2.29. The van der Waals surface area contributed by atoms with E-state index < -0.39 is 33.2 Å². The average Bonchev–Trinajstić information content (AvgIpc) is 3.30. The van der Waals surface area contributed by atoms with Crippen molar-refractivity contribution >= 4 is 13.8 Å². The highest BCUT2D eigenvalue weighted by molar-refractivity contribution is 7.47. The number of carbonyl (C=O) groups excluding carboxylic acids is 1. The minimum absolute atomic E-state index is 0.0482. The van der Waals surface area contributed by atoms with Crippen molar-refractivity contribution in [3.63, 3.8) is 0 Å². The predicted octanol–water partition coefficient (Wildman–Crippen LogP) is 16.1. The van der Waals surface area contributed by atoms with Crippen LogP contribution in [0.5, 0.6) is 0 Å². The molecule has 0 radical (unpaired) electrons. The van der Waals surface area contributed by atoms with Crippen molar-refractivity contribution < 1.29 is 43.0 Å². The average molecular weight is 939 g/mol. The molecule has 0 fully saturated rings. The number of aliphatic hydroxyl groups is 2. The molecule has 10 heteroatoms. The van der Waals surface area contributed by atoms with Crippen molar-refractivity contribution in [2.75, 3.05) is 33.0 Å². The van der Waals surface area contributed by atoms with Crippen molar-refractivity contribution in [2.24, 2.45) is 0 Å². The first-order valence-corrected chi connectivity index (χ1v) is 28.6. The van der Waals surface area contributed by atoms with Crippen LogP contribution in [-0.4, -0.2) is 66.3 Å². The number of esters is 1. The number of rotatable bonds is 52. The molecule has 9 nitrogen and oxygen atoms in total. The highest BCUT2D eigenvalue weighted by Crippen LogP contribution is 2.43. The van der Waals surface area contributed by atoms with Crippen LogP contribution in [0.25, 0.3) is 0 Å². The van der Waals surface area contributed by atoms with Crippen molar-refractivity contribution in [1.29, 1.82) is 0 Å². The van der Waals surface area contributed by atoms with E-state index >= 15 is 0 Å². The van der Waals surface area contributed by atoms with Crippen LogP contribution in [-0.2, 0) is 27.9 Å². The maximum Gasteiger partial charge on any atom is 0.472 e. The molecule has 0 spiro atoms. The van der Waals surface area contributed by atoms with Gasteiger partial charge in [0.25, 0.3) is 0 Å². The monoisotopic (exact) mass is 939 g/mol. The van der Waals surface area contributed by atoms with Crippen LogP contribution in [0.15, 0.2) is 48.6 Å². The van der Waals surface area contributed by atoms with E-state index in [0.29, 0.717) is 6.61 Å². The lowest BCUT2D eigenvalue weighted by molar-refractivity contribution is -0.154. The zero-order valence-electron chi connectivity index (χ0n) is 42.2. The molecule has 0 amide bonds. The number of ether oxygens (including phenoxy) is 2. The standard InChI is InChI=1S/C55H103O9P/c1-3-5-7-9-11-13-15-17-19-21-23-25-26-28-30-32-34-36-38-40-42-44-46-48-61-51-54(52-63-65(59,60)62-50-53(57)49-56)64-55(58)47-45-43-41-39-37-35-33-31-29-27-24-22-20-18-16-14-12-10-8-6-4-2/h6,8,12,14,18,20,24,27,53-54,56-57H,3-5,7,9-11,13,15-17,19,21-23,25-26,28-52H2,1-2H3,(H,59,60)/b8-6-,14-12-,20-18-,27-24-. The molecule has 65 heavy (non-hydrogen) atoms. The van der Waals surface area contributed by atoms with Crippen LogP contribution >= 0.6 is 7.82 Å². The Bertz CT molecular complexity index is 1160. The fourth-order valence-electron chi connectivity index (χ4n) is 7.70. The molecule has 0 bridgehead atoms. The predicted molar refractivity (Wildman–Crippen MR) is 274 cm³/mol. The quantitative estimate of drug-likeness (QED) is 0.0236. The second-order valence-corrected chi connectivity index (χ2v) is 19.7. The zero-order chi connectivity index (χ0) is 47.4. The Hall–Kier alpha value is -1.58. The summed E-state index contributed by atoms with van der Waals surface area (Å²) in [6.07, 6.45) is 60.8. The summed E-state index contributed by atoms with van der Waals surface area (Å²) in [4.78, 5) is 22.7. The van der Waals surface area contributed by atoms with Gasteiger partial charge in [-0.05, 0) is 51.4 Å². The molecular formula is C55H103O9P. The summed E-state index contributed by atoms with van der Waals surface area (Å²) < 4.78 is 33.6. The number of aliphatic hydroxyl groups excluding tert-OH is 2. The SMILES string of the molecule is CC/C=C\C/C=C\C/C=C\C/C=C\CCCCCCCCCCC(=O)OC(COCCCCCCCCCCCCCCCCCCCCCCCCC)COP(=O)(O)OCC(O)CO. The molecule has 0 aliphatic carbocycles. The van der Waals surface area contributed by atoms with Crippen LogP contribution in [0.2, 0.25) is 0 Å². The molecule has 0 aromatic rings. The van der Waals surface area contributed by atoms with E-state index in [1.807, 2.05) is 0 Å². The molecule has 0 saturated heterocycles. The number of phosphoric ester groups is 1. The largest absolute Gasteiger partial charge is 0.472 e. The summed E-state index contributed by atoms with van der Waals surface area (Å²) in [6.45, 7) is 3.45. The first kappa shape index (κ1) is 63.4. The number of unbranched alkanes of at least 4 members (excludes halogenated alkanes) is 30. The van der Waals surface area contributed by atoms with Gasteiger partial charge < -0.3 is 24.6 Å². The Balaban J connectivity index is 4.03. The Labute approximate surface area is 400 Å². The zero-order valence-corrected chi connectivity index (χ0v) is 43.1. The van der Waals surface area contributed by atoms with Gasteiger partial charge in [-0.25, -0.2) is 4.57 Å². The Kier molecular flexibility index (Phi) is 50.5.